The normalized spacial score (nSPS) is 12.0. The number of aliphatic hydroxyl groups is 4. The third-order valence-corrected chi connectivity index (χ3v) is 20.0. The summed E-state index contributed by atoms with van der Waals surface area (Å²) in [6.45, 7) is 8.16. The first-order valence-electron chi connectivity index (χ1n) is 43.6. The number of ether oxygens (including phenoxy) is 12. The summed E-state index contributed by atoms with van der Waals surface area (Å²) in [5, 5.41) is 58.1. The highest BCUT2D eigenvalue weighted by atomic mass is 31.2. The van der Waals surface area contributed by atoms with Crippen LogP contribution in [0.3, 0.4) is 0 Å². The number of H-pyrrole nitrogens is 4. The number of phosphoric acid groups is 4. The largest absolute Gasteiger partial charge is 0.756 e. The van der Waals surface area contributed by atoms with E-state index in [0.29, 0.717) is 52.6 Å². The van der Waals surface area contributed by atoms with Crippen LogP contribution in [0.4, 0.5) is 0 Å². The van der Waals surface area contributed by atoms with Gasteiger partial charge in [0, 0.05) is 65.2 Å². The van der Waals surface area contributed by atoms with Gasteiger partial charge in [0.1, 0.15) is 153 Å². The highest BCUT2D eigenvalue weighted by molar-refractivity contribution is 7.44. The Balaban J connectivity index is 0.000000240. The molecular weight excluding hydrogens is 1930 g/mol. The molecule has 16 aromatic rings. The van der Waals surface area contributed by atoms with Crippen molar-refractivity contribution in [3.8, 4) is 69.0 Å². The maximum Gasteiger partial charge on any atom is 0.262 e. The number of para-hydroxylation sites is 12. The number of nitrogens with two attached hydrogens (primary N) is 4. The average molecular weight is 2050 g/mol. The molecule has 0 radical (unpaired) electrons. The molecule has 0 aliphatic rings. The minimum absolute atomic E-state index is 0. The van der Waals surface area contributed by atoms with Crippen LogP contribution in [0.25, 0.3) is 87.2 Å². The van der Waals surface area contributed by atoms with Gasteiger partial charge in [-0.15, -0.1) is 0 Å². The van der Waals surface area contributed by atoms with Crippen LogP contribution in [-0.4, -0.2) is 249 Å². The molecule has 16 rings (SSSR count). The molecule has 0 saturated carbocycles. The molecule has 0 bridgehead atoms. The zero-order valence-electron chi connectivity index (χ0n) is 77.7. The van der Waals surface area contributed by atoms with E-state index in [1.165, 1.54) is 0 Å². The van der Waals surface area contributed by atoms with Crippen molar-refractivity contribution in [1.82, 2.24) is 19.9 Å². The first kappa shape index (κ1) is 116. The van der Waals surface area contributed by atoms with Crippen molar-refractivity contribution in [2.75, 3.05) is 134 Å². The number of quaternary nitrogens is 4. The second-order valence-corrected chi connectivity index (χ2v) is 34.4. The van der Waals surface area contributed by atoms with Crippen LogP contribution in [0, 0.1) is 0 Å². The molecule has 768 valence electrons. The van der Waals surface area contributed by atoms with Gasteiger partial charge in [0.15, 0.2) is 46.0 Å². The van der Waals surface area contributed by atoms with Gasteiger partial charge in [-0.2, -0.15) is 0 Å². The standard InChI is InChI=1S/4C24H26N2O4.4H3O4P.2H2O/c4*1-28-21-10-4-5-11-22(21)29-14-13-25-15-17(27)16-30-23-12-6-9-20-24(23)18-7-2-3-8-19(18)26-20;4*1-5(2,3)4;;/h4*2-12,17,25-27H,13-16H2,1H3;4*(H3,1,2,3,4);2*1H2/t4*17-;;;;;;/m1111....../s1. The summed E-state index contributed by atoms with van der Waals surface area (Å²) in [5.74, 6) is 8.91. The molecule has 0 unspecified atom stereocenters. The SMILES string of the molecule is COc1ccccc1OCC[NH2+]C[C@@H](O)COc1cccc2[nH]c3ccccc3c12.COc1ccccc1OCC[NH2+]C[C@@H](O)COc1cccc2[nH]c3ccccc3c12.COc1ccccc1OCC[NH2+]C[C@@H](O)COc1cccc2[nH]c3ccccc3c12.COc1ccccc1OCC[NH2+]C[C@@H](O)COc1cccc2[nH]c3ccccc3c12.O.O.O=P([O-])(O)O.O=P([O-])(O)O.O=P([O-])(O)O.O=P([O-])(O)O. The van der Waals surface area contributed by atoms with Gasteiger partial charge >= 0.3 is 0 Å². The topological polar surface area (TPSA) is 707 Å². The number of methoxy groups -OCH3 is 4. The van der Waals surface area contributed by atoms with Gasteiger partial charge in [0.2, 0.25) is 0 Å². The predicted molar refractivity (Wildman–Crippen MR) is 525 cm³/mol. The first-order chi connectivity index (χ1) is 67.0. The molecule has 0 fully saturated rings. The van der Waals surface area contributed by atoms with Crippen molar-refractivity contribution in [3.63, 3.8) is 0 Å². The summed E-state index contributed by atoms with van der Waals surface area (Å²) in [5.41, 5.74) is 8.43. The van der Waals surface area contributed by atoms with Gasteiger partial charge < -0.3 is 188 Å². The van der Waals surface area contributed by atoms with E-state index < -0.39 is 55.7 Å². The fourth-order valence-corrected chi connectivity index (χ4v) is 14.2. The smallest absolute Gasteiger partial charge is 0.262 e. The van der Waals surface area contributed by atoms with Crippen molar-refractivity contribution in [1.29, 1.82) is 0 Å². The number of hydrogen-bond acceptors (Lipinski definition) is 24. The number of nitrogens with one attached hydrogen (secondary N) is 4. The molecule has 0 aliphatic carbocycles. The maximum atomic E-state index is 10.3. The Morgan fingerprint density at radius 2 is 0.394 bits per heavy atom. The molecule has 4 atom stereocenters. The molecule has 142 heavy (non-hydrogen) atoms. The van der Waals surface area contributed by atoms with Crippen LogP contribution in [0.15, 0.2) is 267 Å². The average Bonchev–Trinajstić information content (AvgIpc) is 1.64. The Labute approximate surface area is 814 Å². The third-order valence-electron chi connectivity index (χ3n) is 20.0. The lowest BCUT2D eigenvalue weighted by Crippen LogP contribution is -2.87. The van der Waals surface area contributed by atoms with E-state index >= 15 is 0 Å². The summed E-state index contributed by atoms with van der Waals surface area (Å²) in [7, 11) is -13.0. The van der Waals surface area contributed by atoms with Crippen molar-refractivity contribution in [2.24, 2.45) is 0 Å². The van der Waals surface area contributed by atoms with Gasteiger partial charge in [0.05, 0.1) is 50.5 Å². The zero-order chi connectivity index (χ0) is 101. The van der Waals surface area contributed by atoms with E-state index in [9.17, 15) is 20.4 Å². The number of aliphatic hydroxyl groups excluding tert-OH is 4. The van der Waals surface area contributed by atoms with E-state index in [2.05, 4.69) is 68.5 Å². The minimum atomic E-state index is -4.89. The predicted octanol–water partition coefficient (Wildman–Crippen LogP) is 2.96. The van der Waals surface area contributed by atoms with Crippen LogP contribution >= 0.6 is 31.3 Å². The molecule has 42 nitrogen and oxygen atoms in total. The fraction of sp³-hybridized carbons (Fsp3) is 0.250. The molecule has 0 aliphatic heterocycles. The minimum Gasteiger partial charge on any atom is -0.756 e. The van der Waals surface area contributed by atoms with Gasteiger partial charge in [-0.1, -0.05) is 146 Å². The Hall–Kier alpha value is -12.5. The first-order valence-corrected chi connectivity index (χ1v) is 49.7. The second kappa shape index (κ2) is 59.4. The van der Waals surface area contributed by atoms with Crippen LogP contribution < -0.4 is 97.7 Å². The fourth-order valence-electron chi connectivity index (χ4n) is 14.2. The van der Waals surface area contributed by atoms with E-state index in [1.54, 1.807) is 28.4 Å². The number of aromatic nitrogens is 4. The Kier molecular flexibility index (Phi) is 48.7. The van der Waals surface area contributed by atoms with Crippen molar-refractivity contribution in [3.05, 3.63) is 267 Å². The summed E-state index contributed by atoms with van der Waals surface area (Å²) in [6.07, 6.45) is -2.29. The molecule has 0 saturated heterocycles. The molecule has 28 N–H and O–H groups in total. The highest BCUT2D eigenvalue weighted by Gasteiger charge is 2.20. The van der Waals surface area contributed by atoms with Crippen LogP contribution in [0.5, 0.6) is 69.0 Å². The third kappa shape index (κ3) is 40.8. The number of hydrogen-bond donors (Lipinski definition) is 20. The summed E-state index contributed by atoms with van der Waals surface area (Å²) in [4.78, 5) is 105. The van der Waals surface area contributed by atoms with Gasteiger partial charge in [-0.25, -0.2) is 0 Å². The van der Waals surface area contributed by atoms with E-state index in [1.807, 2.05) is 240 Å². The summed E-state index contributed by atoms with van der Waals surface area (Å²) in [6, 6.07) is 86.7. The molecular formula is C96H120N8O34P4. The molecule has 0 spiro atoms. The van der Waals surface area contributed by atoms with E-state index in [4.69, 9.17) is 134 Å². The quantitative estimate of drug-likeness (QED) is 0.0194. The van der Waals surface area contributed by atoms with Crippen LogP contribution in [-0.2, 0) is 18.3 Å². The summed E-state index contributed by atoms with van der Waals surface area (Å²) < 4.78 is 103. The molecule has 4 aromatic heterocycles. The molecule has 4 heterocycles. The number of fused-ring (bicyclic) bond motifs is 12. The van der Waals surface area contributed by atoms with Crippen molar-refractivity contribution < 1.29 is 186 Å². The van der Waals surface area contributed by atoms with Crippen LogP contribution in [0.2, 0.25) is 0 Å². The molecule has 46 heteroatoms. The Morgan fingerprint density at radius 1 is 0.239 bits per heavy atom. The lowest BCUT2D eigenvalue weighted by Gasteiger charge is -2.13. The van der Waals surface area contributed by atoms with Crippen molar-refractivity contribution >= 4 is 119 Å². The molecule has 12 aromatic carbocycles. The van der Waals surface area contributed by atoms with Gasteiger partial charge in [0.25, 0.3) is 31.3 Å². The van der Waals surface area contributed by atoms with Gasteiger partial charge in [-0.3, -0.25) is 18.3 Å². The van der Waals surface area contributed by atoms with Gasteiger partial charge in [-0.05, 0) is 121 Å². The highest BCUT2D eigenvalue weighted by Crippen LogP contribution is 2.39. The number of aromatic amines is 4. The Morgan fingerprint density at radius 3 is 0.577 bits per heavy atom. The van der Waals surface area contributed by atoms with Crippen LogP contribution in [0.1, 0.15) is 0 Å². The van der Waals surface area contributed by atoms with E-state index in [0.717, 1.165) is 182 Å². The number of benzene rings is 12. The lowest BCUT2D eigenvalue weighted by atomic mass is 10.1. The van der Waals surface area contributed by atoms with Crippen molar-refractivity contribution in [2.45, 2.75) is 24.4 Å². The lowest BCUT2D eigenvalue weighted by molar-refractivity contribution is -0.661. The Bertz CT molecular complexity index is 5850. The molecule has 0 amide bonds. The monoisotopic (exact) mass is 2050 g/mol. The van der Waals surface area contributed by atoms with E-state index in [-0.39, 0.29) is 37.4 Å². The number of rotatable bonds is 40. The summed E-state index contributed by atoms with van der Waals surface area (Å²) >= 11 is 0. The second-order valence-electron chi connectivity index (χ2n) is 30.5. The zero-order valence-corrected chi connectivity index (χ0v) is 81.2. The maximum absolute atomic E-state index is 10.3.